The lowest BCUT2D eigenvalue weighted by Gasteiger charge is -2.42. The number of anilines is 2. The average molecular weight is 238 g/mol. The first-order valence-corrected chi connectivity index (χ1v) is 6.87. The lowest BCUT2D eigenvalue weighted by molar-refractivity contribution is 0.268. The Kier molecular flexibility index (Phi) is 3.23. The minimum absolute atomic E-state index is 0.246. The summed E-state index contributed by atoms with van der Waals surface area (Å²) in [6, 6.07) is 1.81. The van der Waals surface area contributed by atoms with Gasteiger partial charge in [0, 0.05) is 11.6 Å². The van der Waals surface area contributed by atoms with Crippen molar-refractivity contribution in [2.24, 2.45) is 0 Å². The molecule has 2 rings (SSSR count). The Hall–Kier alpha value is -0.970. The normalized spacial score (nSPS) is 17.9. The Morgan fingerprint density at radius 1 is 1.50 bits per heavy atom. The Morgan fingerprint density at radius 3 is 2.75 bits per heavy atom. The van der Waals surface area contributed by atoms with Gasteiger partial charge in [0.05, 0.1) is 0 Å². The Bertz CT molecular complexity index is 371. The van der Waals surface area contributed by atoms with E-state index in [2.05, 4.69) is 22.2 Å². The third-order valence-electron chi connectivity index (χ3n) is 3.29. The molecule has 0 aliphatic heterocycles. The van der Waals surface area contributed by atoms with E-state index < -0.39 is 0 Å². The van der Waals surface area contributed by atoms with Crippen LogP contribution in [0.3, 0.4) is 0 Å². The highest BCUT2D eigenvalue weighted by atomic mass is 32.2. The number of nitrogens with two attached hydrogens (primary N) is 1. The van der Waals surface area contributed by atoms with Gasteiger partial charge in [0.2, 0.25) is 0 Å². The molecule has 0 saturated heterocycles. The molecule has 0 aromatic carbocycles. The standard InChI is InChI=1S/C11H18N4S/c1-3-11(5-4-6-11)15-9-7-8(12)13-10(14-9)16-2/h7H,3-6H2,1-2H3,(H3,12,13,14,15). The van der Waals surface area contributed by atoms with Crippen molar-refractivity contribution in [1.29, 1.82) is 0 Å². The summed E-state index contributed by atoms with van der Waals surface area (Å²) in [5.74, 6) is 1.39. The molecule has 1 aromatic heterocycles. The lowest BCUT2D eigenvalue weighted by atomic mass is 9.75. The van der Waals surface area contributed by atoms with Crippen LogP contribution in [0.25, 0.3) is 0 Å². The Balaban J connectivity index is 2.17. The SMILES string of the molecule is CCC1(Nc2cc(N)nc(SC)n2)CCC1. The van der Waals surface area contributed by atoms with Crippen LogP contribution in [-0.2, 0) is 0 Å². The van der Waals surface area contributed by atoms with Gasteiger partial charge in [-0.15, -0.1) is 0 Å². The molecule has 1 aliphatic carbocycles. The van der Waals surface area contributed by atoms with Crippen LogP contribution in [0.2, 0.25) is 0 Å². The van der Waals surface area contributed by atoms with Gasteiger partial charge < -0.3 is 11.1 Å². The van der Waals surface area contributed by atoms with Crippen molar-refractivity contribution in [1.82, 2.24) is 9.97 Å². The highest BCUT2D eigenvalue weighted by molar-refractivity contribution is 7.98. The second-order valence-corrected chi connectivity index (χ2v) is 5.05. The molecule has 1 saturated carbocycles. The molecule has 16 heavy (non-hydrogen) atoms. The van der Waals surface area contributed by atoms with E-state index in [4.69, 9.17) is 5.73 Å². The molecule has 5 heteroatoms. The van der Waals surface area contributed by atoms with Crippen molar-refractivity contribution in [3.05, 3.63) is 6.07 Å². The summed E-state index contributed by atoms with van der Waals surface area (Å²) in [5, 5.41) is 4.24. The molecule has 0 amide bonds. The third-order valence-corrected chi connectivity index (χ3v) is 3.84. The molecule has 88 valence electrons. The molecular weight excluding hydrogens is 220 g/mol. The van der Waals surface area contributed by atoms with Crippen molar-refractivity contribution < 1.29 is 0 Å². The zero-order valence-corrected chi connectivity index (χ0v) is 10.6. The first-order valence-electron chi connectivity index (χ1n) is 5.64. The molecule has 1 aliphatic rings. The van der Waals surface area contributed by atoms with Crippen LogP contribution in [0, 0.1) is 0 Å². The number of thioether (sulfide) groups is 1. The maximum atomic E-state index is 5.75. The van der Waals surface area contributed by atoms with E-state index in [0.29, 0.717) is 5.82 Å². The fourth-order valence-electron chi connectivity index (χ4n) is 2.04. The molecule has 0 unspecified atom stereocenters. The summed E-state index contributed by atoms with van der Waals surface area (Å²) in [6.45, 7) is 2.21. The molecule has 0 radical (unpaired) electrons. The van der Waals surface area contributed by atoms with Crippen molar-refractivity contribution in [2.75, 3.05) is 17.3 Å². The molecular formula is C11H18N4S. The zero-order valence-electron chi connectivity index (χ0n) is 9.79. The van der Waals surface area contributed by atoms with E-state index in [9.17, 15) is 0 Å². The molecule has 1 fully saturated rings. The van der Waals surface area contributed by atoms with Crippen LogP contribution in [0.1, 0.15) is 32.6 Å². The van der Waals surface area contributed by atoms with Gasteiger partial charge in [-0.2, -0.15) is 0 Å². The number of nitrogen functional groups attached to an aromatic ring is 1. The van der Waals surface area contributed by atoms with Gasteiger partial charge >= 0.3 is 0 Å². The number of aromatic nitrogens is 2. The van der Waals surface area contributed by atoms with Crippen LogP contribution in [0.4, 0.5) is 11.6 Å². The minimum atomic E-state index is 0.246. The van der Waals surface area contributed by atoms with Gasteiger partial charge in [0.25, 0.3) is 0 Å². The summed E-state index contributed by atoms with van der Waals surface area (Å²) >= 11 is 1.51. The number of hydrogen-bond donors (Lipinski definition) is 2. The summed E-state index contributed by atoms with van der Waals surface area (Å²) < 4.78 is 0. The maximum absolute atomic E-state index is 5.75. The quantitative estimate of drug-likeness (QED) is 0.623. The smallest absolute Gasteiger partial charge is 0.191 e. The van der Waals surface area contributed by atoms with E-state index >= 15 is 0 Å². The van der Waals surface area contributed by atoms with Crippen molar-refractivity contribution in [2.45, 2.75) is 43.3 Å². The number of hydrogen-bond acceptors (Lipinski definition) is 5. The van der Waals surface area contributed by atoms with Gasteiger partial charge in [0.15, 0.2) is 5.16 Å². The minimum Gasteiger partial charge on any atom is -0.383 e. The van der Waals surface area contributed by atoms with Gasteiger partial charge in [-0.1, -0.05) is 18.7 Å². The average Bonchev–Trinajstić information content (AvgIpc) is 2.22. The summed E-state index contributed by atoms with van der Waals surface area (Å²) in [4.78, 5) is 8.57. The zero-order chi connectivity index (χ0) is 11.6. The summed E-state index contributed by atoms with van der Waals surface area (Å²) in [5.41, 5.74) is 6.00. The monoisotopic (exact) mass is 238 g/mol. The fourth-order valence-corrected chi connectivity index (χ4v) is 2.43. The van der Waals surface area contributed by atoms with Crippen LogP contribution < -0.4 is 11.1 Å². The number of nitrogens with zero attached hydrogens (tertiary/aromatic N) is 2. The highest BCUT2D eigenvalue weighted by Crippen LogP contribution is 2.37. The van der Waals surface area contributed by atoms with Crippen molar-refractivity contribution in [3.8, 4) is 0 Å². The van der Waals surface area contributed by atoms with E-state index in [0.717, 1.165) is 17.4 Å². The molecule has 0 atom stereocenters. The number of nitrogens with one attached hydrogen (secondary N) is 1. The van der Waals surface area contributed by atoms with E-state index in [1.54, 1.807) is 0 Å². The molecule has 3 N–H and O–H groups in total. The van der Waals surface area contributed by atoms with Crippen molar-refractivity contribution >= 4 is 23.4 Å². The van der Waals surface area contributed by atoms with Crippen molar-refractivity contribution in [3.63, 3.8) is 0 Å². The largest absolute Gasteiger partial charge is 0.383 e. The Morgan fingerprint density at radius 2 is 2.25 bits per heavy atom. The van der Waals surface area contributed by atoms with Crippen LogP contribution in [-0.4, -0.2) is 21.8 Å². The first-order chi connectivity index (χ1) is 7.67. The second-order valence-electron chi connectivity index (χ2n) is 4.28. The molecule has 0 spiro atoms. The molecule has 0 bridgehead atoms. The maximum Gasteiger partial charge on any atom is 0.191 e. The van der Waals surface area contributed by atoms with Gasteiger partial charge in [-0.25, -0.2) is 9.97 Å². The molecule has 1 heterocycles. The second kappa shape index (κ2) is 4.49. The number of rotatable bonds is 4. The predicted molar refractivity (Wildman–Crippen MR) is 68.7 cm³/mol. The topological polar surface area (TPSA) is 63.8 Å². The predicted octanol–water partition coefficient (Wildman–Crippen LogP) is 2.53. The lowest BCUT2D eigenvalue weighted by Crippen LogP contribution is -2.44. The van der Waals surface area contributed by atoms with Crippen LogP contribution in [0.5, 0.6) is 0 Å². The van der Waals surface area contributed by atoms with Crippen LogP contribution in [0.15, 0.2) is 11.2 Å². The highest BCUT2D eigenvalue weighted by Gasteiger charge is 2.35. The summed E-state index contributed by atoms with van der Waals surface area (Å²) in [6.07, 6.45) is 6.84. The first kappa shape index (κ1) is 11.5. The van der Waals surface area contributed by atoms with E-state index in [1.165, 1.54) is 31.0 Å². The fraction of sp³-hybridized carbons (Fsp3) is 0.636. The Labute approximate surface area is 100 Å². The van der Waals surface area contributed by atoms with Gasteiger partial charge in [-0.05, 0) is 31.9 Å². The van der Waals surface area contributed by atoms with E-state index in [-0.39, 0.29) is 5.54 Å². The van der Waals surface area contributed by atoms with Gasteiger partial charge in [0.1, 0.15) is 11.6 Å². The van der Waals surface area contributed by atoms with E-state index in [1.807, 2.05) is 12.3 Å². The van der Waals surface area contributed by atoms with Gasteiger partial charge in [-0.3, -0.25) is 0 Å². The molecule has 4 nitrogen and oxygen atoms in total. The molecule has 1 aromatic rings. The van der Waals surface area contributed by atoms with Crippen LogP contribution >= 0.6 is 11.8 Å². The third kappa shape index (κ3) is 2.24. The summed E-state index contributed by atoms with van der Waals surface area (Å²) in [7, 11) is 0.